The molecule has 1 aromatic rings. The van der Waals surface area contributed by atoms with Gasteiger partial charge in [0.15, 0.2) is 0 Å². The van der Waals surface area contributed by atoms with Gasteiger partial charge in [0.05, 0.1) is 0 Å². The molecule has 0 aromatic heterocycles. The molecular formula is C15H26N2. The summed E-state index contributed by atoms with van der Waals surface area (Å²) in [4.78, 5) is 2.35. The lowest BCUT2D eigenvalue weighted by atomic mass is 10.1. The molecular weight excluding hydrogens is 208 g/mol. The van der Waals surface area contributed by atoms with Crippen LogP contribution in [-0.4, -0.2) is 20.1 Å². The molecule has 0 fully saturated rings. The Labute approximate surface area is 106 Å². The van der Waals surface area contributed by atoms with E-state index in [0.29, 0.717) is 0 Å². The summed E-state index contributed by atoms with van der Waals surface area (Å²) < 4.78 is 0. The molecule has 0 aliphatic rings. The Balaban J connectivity index is 2.70. The molecule has 0 aliphatic carbocycles. The number of aryl methyl sites for hydroxylation is 1. The summed E-state index contributed by atoms with van der Waals surface area (Å²) in [5, 5.41) is 0. The molecule has 0 atom stereocenters. The summed E-state index contributed by atoms with van der Waals surface area (Å²) in [5.74, 6) is 0.759. The molecule has 2 N–H and O–H groups in total. The number of hydrogen-bond acceptors (Lipinski definition) is 2. The van der Waals surface area contributed by atoms with Crippen LogP contribution in [0.5, 0.6) is 0 Å². The summed E-state index contributed by atoms with van der Waals surface area (Å²) in [6.45, 7) is 8.56. The van der Waals surface area contributed by atoms with Crippen molar-refractivity contribution in [2.45, 2.75) is 33.6 Å². The molecule has 0 spiro atoms. The highest BCUT2D eigenvalue weighted by Crippen LogP contribution is 2.21. The normalized spacial score (nSPS) is 10.9. The van der Waals surface area contributed by atoms with Crippen LogP contribution in [0.3, 0.4) is 0 Å². The van der Waals surface area contributed by atoms with Gasteiger partial charge < -0.3 is 10.6 Å². The Morgan fingerprint density at radius 3 is 2.53 bits per heavy atom. The van der Waals surface area contributed by atoms with Crippen LogP contribution in [0.15, 0.2) is 18.2 Å². The minimum Gasteiger partial charge on any atom is -0.374 e. The van der Waals surface area contributed by atoms with Crippen LogP contribution in [0.1, 0.15) is 31.4 Å². The quantitative estimate of drug-likeness (QED) is 0.820. The number of anilines is 1. The minimum atomic E-state index is 0.724. The molecule has 17 heavy (non-hydrogen) atoms. The Hall–Kier alpha value is -1.02. The van der Waals surface area contributed by atoms with Crippen LogP contribution in [0.25, 0.3) is 0 Å². The van der Waals surface area contributed by atoms with E-state index in [0.717, 1.165) is 25.4 Å². The topological polar surface area (TPSA) is 29.3 Å². The van der Waals surface area contributed by atoms with Gasteiger partial charge in [0.25, 0.3) is 0 Å². The first kappa shape index (κ1) is 14.0. The van der Waals surface area contributed by atoms with E-state index < -0.39 is 0 Å². The molecule has 0 saturated carbocycles. The smallest absolute Gasteiger partial charge is 0.0393 e. The van der Waals surface area contributed by atoms with Crippen LogP contribution in [0.4, 0.5) is 5.69 Å². The zero-order valence-electron chi connectivity index (χ0n) is 11.7. The zero-order valence-corrected chi connectivity index (χ0v) is 11.7. The summed E-state index contributed by atoms with van der Waals surface area (Å²) >= 11 is 0. The van der Waals surface area contributed by atoms with Gasteiger partial charge in [-0.3, -0.25) is 0 Å². The number of rotatable bonds is 6. The third-order valence-corrected chi connectivity index (χ3v) is 3.15. The first-order chi connectivity index (χ1) is 8.04. The molecule has 0 bridgehead atoms. The van der Waals surface area contributed by atoms with E-state index >= 15 is 0 Å². The summed E-state index contributed by atoms with van der Waals surface area (Å²) in [5.41, 5.74) is 9.61. The van der Waals surface area contributed by atoms with Gasteiger partial charge in [0.2, 0.25) is 0 Å². The Morgan fingerprint density at radius 2 is 2.00 bits per heavy atom. The van der Waals surface area contributed by atoms with Gasteiger partial charge in [-0.15, -0.1) is 0 Å². The van der Waals surface area contributed by atoms with Crippen LogP contribution in [0, 0.1) is 12.8 Å². The lowest BCUT2D eigenvalue weighted by Gasteiger charge is -2.23. The summed E-state index contributed by atoms with van der Waals surface area (Å²) in [6.07, 6.45) is 2.21. The maximum Gasteiger partial charge on any atom is 0.0393 e. The second kappa shape index (κ2) is 6.65. The van der Waals surface area contributed by atoms with Gasteiger partial charge >= 0.3 is 0 Å². The van der Waals surface area contributed by atoms with E-state index in [-0.39, 0.29) is 0 Å². The molecule has 0 amide bonds. The standard InChI is InChI=1S/C15H26N2/c1-12(2)8-10-17(4)15-6-5-14(7-9-16)11-13(15)3/h5-6,11-12H,7-10,16H2,1-4H3. The molecule has 1 rings (SSSR count). The van der Waals surface area contributed by atoms with Gasteiger partial charge in [0, 0.05) is 19.3 Å². The van der Waals surface area contributed by atoms with Crippen LogP contribution >= 0.6 is 0 Å². The predicted octanol–water partition coefficient (Wildman–Crippen LogP) is 2.98. The maximum atomic E-state index is 5.58. The lowest BCUT2D eigenvalue weighted by molar-refractivity contribution is 0.585. The molecule has 2 heteroatoms. The van der Waals surface area contributed by atoms with Crippen LogP contribution < -0.4 is 10.6 Å². The molecule has 1 aromatic carbocycles. The molecule has 96 valence electrons. The fourth-order valence-corrected chi connectivity index (χ4v) is 2.04. The second-order valence-corrected chi connectivity index (χ2v) is 5.26. The van der Waals surface area contributed by atoms with Crippen molar-refractivity contribution in [2.24, 2.45) is 11.7 Å². The number of nitrogens with zero attached hydrogens (tertiary/aromatic N) is 1. The zero-order chi connectivity index (χ0) is 12.8. The van der Waals surface area contributed by atoms with Crippen molar-refractivity contribution >= 4 is 5.69 Å². The summed E-state index contributed by atoms with van der Waals surface area (Å²) in [6, 6.07) is 6.68. The van der Waals surface area contributed by atoms with Gasteiger partial charge in [-0.1, -0.05) is 26.0 Å². The lowest BCUT2D eigenvalue weighted by Crippen LogP contribution is -2.20. The predicted molar refractivity (Wildman–Crippen MR) is 76.7 cm³/mol. The molecule has 0 heterocycles. The van der Waals surface area contributed by atoms with Gasteiger partial charge in [-0.05, 0) is 49.4 Å². The highest BCUT2D eigenvalue weighted by atomic mass is 15.1. The Bertz CT molecular complexity index is 345. The monoisotopic (exact) mass is 234 g/mol. The second-order valence-electron chi connectivity index (χ2n) is 5.26. The molecule has 0 saturated heterocycles. The third kappa shape index (κ3) is 4.39. The molecule has 0 radical (unpaired) electrons. The maximum absolute atomic E-state index is 5.58. The Kier molecular flexibility index (Phi) is 5.49. The molecule has 2 nitrogen and oxygen atoms in total. The fourth-order valence-electron chi connectivity index (χ4n) is 2.04. The highest BCUT2D eigenvalue weighted by molar-refractivity contribution is 5.53. The van der Waals surface area contributed by atoms with Crippen molar-refractivity contribution in [2.75, 3.05) is 25.0 Å². The van der Waals surface area contributed by atoms with E-state index in [1.54, 1.807) is 0 Å². The summed E-state index contributed by atoms with van der Waals surface area (Å²) in [7, 11) is 2.17. The van der Waals surface area contributed by atoms with Crippen LogP contribution in [-0.2, 0) is 6.42 Å². The van der Waals surface area contributed by atoms with Crippen molar-refractivity contribution in [1.82, 2.24) is 0 Å². The van der Waals surface area contributed by atoms with Crippen molar-refractivity contribution < 1.29 is 0 Å². The van der Waals surface area contributed by atoms with Gasteiger partial charge in [0.1, 0.15) is 0 Å². The molecule has 0 aliphatic heterocycles. The number of hydrogen-bond donors (Lipinski definition) is 1. The minimum absolute atomic E-state index is 0.724. The number of benzene rings is 1. The Morgan fingerprint density at radius 1 is 1.29 bits per heavy atom. The fraction of sp³-hybridized carbons (Fsp3) is 0.600. The van der Waals surface area contributed by atoms with Crippen molar-refractivity contribution in [1.29, 1.82) is 0 Å². The SMILES string of the molecule is Cc1cc(CCN)ccc1N(C)CCC(C)C. The average Bonchev–Trinajstić information content (AvgIpc) is 2.26. The number of nitrogens with two attached hydrogens (primary N) is 1. The van der Waals surface area contributed by atoms with Crippen molar-refractivity contribution in [3.8, 4) is 0 Å². The van der Waals surface area contributed by atoms with Gasteiger partial charge in [-0.25, -0.2) is 0 Å². The van der Waals surface area contributed by atoms with Gasteiger partial charge in [-0.2, -0.15) is 0 Å². The van der Waals surface area contributed by atoms with E-state index in [2.05, 4.69) is 50.9 Å². The third-order valence-electron chi connectivity index (χ3n) is 3.15. The van der Waals surface area contributed by atoms with E-state index in [1.807, 2.05) is 0 Å². The average molecular weight is 234 g/mol. The van der Waals surface area contributed by atoms with E-state index in [4.69, 9.17) is 5.73 Å². The first-order valence-electron chi connectivity index (χ1n) is 6.55. The van der Waals surface area contributed by atoms with E-state index in [1.165, 1.54) is 23.2 Å². The highest BCUT2D eigenvalue weighted by Gasteiger charge is 2.06. The van der Waals surface area contributed by atoms with Crippen LogP contribution in [0.2, 0.25) is 0 Å². The van der Waals surface area contributed by atoms with E-state index in [9.17, 15) is 0 Å². The first-order valence-corrected chi connectivity index (χ1v) is 6.55. The van der Waals surface area contributed by atoms with Crippen molar-refractivity contribution in [3.05, 3.63) is 29.3 Å². The van der Waals surface area contributed by atoms with Crippen molar-refractivity contribution in [3.63, 3.8) is 0 Å². The largest absolute Gasteiger partial charge is 0.374 e. The molecule has 0 unspecified atom stereocenters.